The molecule has 0 atom stereocenters. The summed E-state index contributed by atoms with van der Waals surface area (Å²) in [6.07, 6.45) is 6.41. The lowest BCUT2D eigenvalue weighted by atomic mass is 10.2. The Labute approximate surface area is 79.7 Å². The highest BCUT2D eigenvalue weighted by atomic mass is 16.1. The van der Waals surface area contributed by atoms with Gasteiger partial charge < -0.3 is 11.1 Å². The van der Waals surface area contributed by atoms with E-state index in [1.165, 1.54) is 6.20 Å². The van der Waals surface area contributed by atoms with Crippen molar-refractivity contribution in [1.82, 2.24) is 5.32 Å². The summed E-state index contributed by atoms with van der Waals surface area (Å²) in [5, 5.41) is 3.03. The van der Waals surface area contributed by atoms with Crippen molar-refractivity contribution in [2.45, 2.75) is 20.3 Å². The van der Waals surface area contributed by atoms with Crippen LogP contribution in [0.3, 0.4) is 0 Å². The minimum atomic E-state index is 0.146. The van der Waals surface area contributed by atoms with Gasteiger partial charge in [-0.1, -0.05) is 13.0 Å². The Morgan fingerprint density at radius 2 is 2.15 bits per heavy atom. The predicted octanol–water partition coefficient (Wildman–Crippen LogP) is 0.974. The molecule has 0 aromatic carbocycles. The average Bonchev–Trinajstić information content (AvgIpc) is 2.04. The van der Waals surface area contributed by atoms with Crippen molar-refractivity contribution in [3.05, 3.63) is 23.9 Å². The first kappa shape index (κ1) is 11.9. The van der Waals surface area contributed by atoms with Gasteiger partial charge in [0.05, 0.1) is 6.54 Å². The van der Waals surface area contributed by atoms with Crippen LogP contribution in [0.5, 0.6) is 0 Å². The molecule has 3 nitrogen and oxygen atoms in total. The molecule has 74 valence electrons. The largest absolute Gasteiger partial charge is 0.405 e. The molecule has 0 aliphatic rings. The van der Waals surface area contributed by atoms with Crippen molar-refractivity contribution >= 4 is 5.78 Å². The molecule has 0 rings (SSSR count). The second-order valence-corrected chi connectivity index (χ2v) is 2.85. The molecule has 0 bridgehead atoms. The van der Waals surface area contributed by atoms with Gasteiger partial charge in [-0.2, -0.15) is 0 Å². The number of Topliss-reactive ketones (excluding diaryl/α,β-unsaturated/α-hetero) is 1. The van der Waals surface area contributed by atoms with Crippen molar-refractivity contribution < 1.29 is 4.79 Å². The molecule has 0 spiro atoms. The third-order valence-corrected chi connectivity index (χ3v) is 1.48. The van der Waals surface area contributed by atoms with Crippen LogP contribution in [0, 0.1) is 0 Å². The van der Waals surface area contributed by atoms with Crippen molar-refractivity contribution in [1.29, 1.82) is 0 Å². The minimum Gasteiger partial charge on any atom is -0.405 e. The lowest BCUT2D eigenvalue weighted by Gasteiger charge is -2.02. The number of nitrogens with one attached hydrogen (secondary N) is 1. The maximum absolute atomic E-state index is 10.6. The maximum Gasteiger partial charge on any atom is 0.143 e. The number of carbonyl (C=O) groups excluding carboxylic acids is 1. The fourth-order valence-corrected chi connectivity index (χ4v) is 0.968. The fraction of sp³-hybridized carbons (Fsp3) is 0.500. The minimum absolute atomic E-state index is 0.146. The first-order valence-electron chi connectivity index (χ1n) is 4.48. The van der Waals surface area contributed by atoms with E-state index in [-0.39, 0.29) is 5.78 Å². The molecule has 0 aliphatic carbocycles. The predicted molar refractivity (Wildman–Crippen MR) is 55.3 cm³/mol. The van der Waals surface area contributed by atoms with Crippen LogP contribution in [0.1, 0.15) is 20.3 Å². The van der Waals surface area contributed by atoms with Crippen molar-refractivity contribution in [2.24, 2.45) is 5.73 Å². The second-order valence-electron chi connectivity index (χ2n) is 2.85. The number of allylic oxidation sites excluding steroid dienone is 1. The lowest BCUT2D eigenvalue weighted by Crippen LogP contribution is -2.22. The molecule has 0 heterocycles. The molecule has 3 N–H and O–H groups in total. The second kappa shape index (κ2) is 7.55. The van der Waals surface area contributed by atoms with Crippen LogP contribution >= 0.6 is 0 Å². The first-order chi connectivity index (χ1) is 6.20. The molecular formula is C10H18N2O. The molecule has 0 amide bonds. The topological polar surface area (TPSA) is 55.1 Å². The number of ketones is 1. The van der Waals surface area contributed by atoms with E-state index in [1.54, 1.807) is 6.92 Å². The molecule has 0 aliphatic heterocycles. The van der Waals surface area contributed by atoms with E-state index in [9.17, 15) is 4.79 Å². The summed E-state index contributed by atoms with van der Waals surface area (Å²) in [6, 6.07) is 0. The SMILES string of the molecule is CC/C=C(\C=C/N)CNCC(C)=O. The fourth-order valence-electron chi connectivity index (χ4n) is 0.968. The Morgan fingerprint density at radius 1 is 1.46 bits per heavy atom. The van der Waals surface area contributed by atoms with Gasteiger partial charge in [-0.3, -0.25) is 4.79 Å². The number of hydrogen-bond acceptors (Lipinski definition) is 3. The highest BCUT2D eigenvalue weighted by Gasteiger charge is 1.93. The van der Waals surface area contributed by atoms with Crippen LogP contribution in [0.25, 0.3) is 0 Å². The molecule has 0 unspecified atom stereocenters. The van der Waals surface area contributed by atoms with Gasteiger partial charge in [-0.05, 0) is 31.2 Å². The number of nitrogens with two attached hydrogens (primary N) is 1. The summed E-state index contributed by atoms with van der Waals surface area (Å²) in [5.41, 5.74) is 6.39. The van der Waals surface area contributed by atoms with Crippen LogP contribution in [0.4, 0.5) is 0 Å². The summed E-state index contributed by atoms with van der Waals surface area (Å²) in [4.78, 5) is 10.6. The van der Waals surface area contributed by atoms with Crippen LogP contribution in [0.2, 0.25) is 0 Å². The lowest BCUT2D eigenvalue weighted by molar-refractivity contribution is -0.116. The zero-order valence-corrected chi connectivity index (χ0v) is 8.34. The zero-order chi connectivity index (χ0) is 10.1. The van der Waals surface area contributed by atoms with Gasteiger partial charge in [-0.15, -0.1) is 0 Å². The first-order valence-corrected chi connectivity index (χ1v) is 4.48. The van der Waals surface area contributed by atoms with Crippen molar-refractivity contribution in [3.8, 4) is 0 Å². The molecule has 3 heteroatoms. The summed E-state index contributed by atoms with van der Waals surface area (Å²) in [7, 11) is 0. The van der Waals surface area contributed by atoms with Crippen LogP contribution in [-0.4, -0.2) is 18.9 Å². The third-order valence-electron chi connectivity index (χ3n) is 1.48. The highest BCUT2D eigenvalue weighted by molar-refractivity contribution is 5.77. The molecule has 0 aromatic heterocycles. The standard InChI is InChI=1S/C10H18N2O/c1-3-4-10(5-6-11)8-12-7-9(2)13/h4-6,12H,3,7-8,11H2,1-2H3/b6-5-,10-4+. The average molecular weight is 182 g/mol. The van der Waals surface area contributed by atoms with Gasteiger partial charge >= 0.3 is 0 Å². The molecular weight excluding hydrogens is 164 g/mol. The van der Waals surface area contributed by atoms with Crippen molar-refractivity contribution in [3.63, 3.8) is 0 Å². The van der Waals surface area contributed by atoms with Crippen LogP contribution < -0.4 is 11.1 Å². The van der Waals surface area contributed by atoms with E-state index in [4.69, 9.17) is 5.73 Å². The van der Waals surface area contributed by atoms with Gasteiger partial charge in [0, 0.05) is 6.54 Å². The Hall–Kier alpha value is -1.09. The molecule has 13 heavy (non-hydrogen) atoms. The molecule has 0 saturated heterocycles. The molecule has 0 radical (unpaired) electrons. The van der Waals surface area contributed by atoms with E-state index < -0.39 is 0 Å². The summed E-state index contributed by atoms with van der Waals surface area (Å²) >= 11 is 0. The Balaban J connectivity index is 3.83. The number of hydrogen-bond donors (Lipinski definition) is 2. The third kappa shape index (κ3) is 7.28. The summed E-state index contributed by atoms with van der Waals surface area (Å²) in [6.45, 7) is 4.74. The Morgan fingerprint density at radius 3 is 2.62 bits per heavy atom. The van der Waals surface area contributed by atoms with Gasteiger partial charge in [0.15, 0.2) is 0 Å². The van der Waals surface area contributed by atoms with E-state index in [0.717, 1.165) is 12.0 Å². The van der Waals surface area contributed by atoms with Gasteiger partial charge in [-0.25, -0.2) is 0 Å². The van der Waals surface area contributed by atoms with Crippen LogP contribution in [0.15, 0.2) is 23.9 Å². The van der Waals surface area contributed by atoms with E-state index in [2.05, 4.69) is 18.3 Å². The quantitative estimate of drug-likeness (QED) is 0.602. The Bertz CT molecular complexity index is 207. The Kier molecular flexibility index (Phi) is 6.92. The number of carbonyl (C=O) groups is 1. The van der Waals surface area contributed by atoms with E-state index >= 15 is 0 Å². The van der Waals surface area contributed by atoms with E-state index in [1.807, 2.05) is 6.08 Å². The van der Waals surface area contributed by atoms with Gasteiger partial charge in [0.25, 0.3) is 0 Å². The van der Waals surface area contributed by atoms with Crippen LogP contribution in [-0.2, 0) is 4.79 Å². The zero-order valence-electron chi connectivity index (χ0n) is 8.34. The monoisotopic (exact) mass is 182 g/mol. The smallest absolute Gasteiger partial charge is 0.143 e. The van der Waals surface area contributed by atoms with Gasteiger partial charge in [0.1, 0.15) is 5.78 Å². The molecule has 0 aromatic rings. The molecule has 0 fully saturated rings. The summed E-state index contributed by atoms with van der Waals surface area (Å²) < 4.78 is 0. The summed E-state index contributed by atoms with van der Waals surface area (Å²) in [5.74, 6) is 0.146. The normalized spacial score (nSPS) is 12.3. The maximum atomic E-state index is 10.6. The van der Waals surface area contributed by atoms with Crippen molar-refractivity contribution in [2.75, 3.05) is 13.1 Å². The van der Waals surface area contributed by atoms with E-state index in [0.29, 0.717) is 13.1 Å². The highest BCUT2D eigenvalue weighted by Crippen LogP contribution is 1.96. The molecule has 0 saturated carbocycles. The van der Waals surface area contributed by atoms with Gasteiger partial charge in [0.2, 0.25) is 0 Å². The number of rotatable bonds is 6.